The van der Waals surface area contributed by atoms with E-state index >= 15 is 0 Å². The normalized spacial score (nSPS) is 11.6. The van der Waals surface area contributed by atoms with Crippen molar-refractivity contribution in [3.8, 4) is 0 Å². The molecule has 0 saturated heterocycles. The van der Waals surface area contributed by atoms with E-state index in [0.29, 0.717) is 18.9 Å². The van der Waals surface area contributed by atoms with Crippen LogP contribution in [0, 0.1) is 23.3 Å². The second-order valence-electron chi connectivity index (χ2n) is 6.38. The first-order valence-corrected chi connectivity index (χ1v) is 9.02. The number of carbonyl (C=O) groups is 1. The van der Waals surface area contributed by atoms with Gasteiger partial charge in [0.25, 0.3) is 0 Å². The molecule has 6 nitrogen and oxygen atoms in total. The van der Waals surface area contributed by atoms with Crippen molar-refractivity contribution >= 4 is 28.5 Å². The number of aliphatic imine (C=N–C) groups is 1. The minimum absolute atomic E-state index is 0.281. The van der Waals surface area contributed by atoms with E-state index in [1.807, 2.05) is 0 Å². The molecular weight excluding hydrogens is 402 g/mol. The van der Waals surface area contributed by atoms with Crippen LogP contribution >= 0.6 is 0 Å². The van der Waals surface area contributed by atoms with Crippen LogP contribution in [0.15, 0.2) is 41.5 Å². The van der Waals surface area contributed by atoms with Gasteiger partial charge in [-0.2, -0.15) is 0 Å². The van der Waals surface area contributed by atoms with Gasteiger partial charge < -0.3 is 20.9 Å². The van der Waals surface area contributed by atoms with Crippen molar-refractivity contribution in [2.24, 2.45) is 4.99 Å². The highest BCUT2D eigenvalue weighted by molar-refractivity contribution is 5.95. The van der Waals surface area contributed by atoms with Crippen molar-refractivity contribution in [2.45, 2.75) is 6.42 Å². The molecule has 0 bridgehead atoms. The Kier molecular flexibility index (Phi) is 6.55. The molecule has 3 rings (SSSR count). The zero-order valence-electron chi connectivity index (χ0n) is 16.0. The van der Waals surface area contributed by atoms with Gasteiger partial charge >= 0.3 is 0 Å². The maximum absolute atomic E-state index is 13.6. The lowest BCUT2D eigenvalue weighted by Crippen LogP contribution is -2.42. The summed E-state index contributed by atoms with van der Waals surface area (Å²) in [6.45, 7) is 0.166. The zero-order valence-corrected chi connectivity index (χ0v) is 16.0. The summed E-state index contributed by atoms with van der Waals surface area (Å²) in [6, 6.07) is 6.15. The number of nitrogens with zero attached hydrogens (tertiary/aromatic N) is 1. The van der Waals surface area contributed by atoms with E-state index in [1.54, 1.807) is 12.3 Å². The van der Waals surface area contributed by atoms with Crippen molar-refractivity contribution in [1.82, 2.24) is 15.6 Å². The second-order valence-corrected chi connectivity index (χ2v) is 6.38. The van der Waals surface area contributed by atoms with Crippen molar-refractivity contribution < 1.29 is 22.4 Å². The molecule has 10 heteroatoms. The van der Waals surface area contributed by atoms with Gasteiger partial charge in [0.2, 0.25) is 5.91 Å². The second kappa shape index (κ2) is 9.29. The molecule has 0 fully saturated rings. The average Bonchev–Trinajstić information content (AvgIpc) is 3.13. The van der Waals surface area contributed by atoms with Crippen LogP contribution in [-0.4, -0.2) is 37.0 Å². The third-order valence-electron chi connectivity index (χ3n) is 4.37. The Morgan fingerprint density at radius 1 is 1.07 bits per heavy atom. The summed E-state index contributed by atoms with van der Waals surface area (Å²) in [7, 11) is 1.50. The third kappa shape index (κ3) is 4.88. The number of amides is 1. The van der Waals surface area contributed by atoms with E-state index in [4.69, 9.17) is 0 Å². The molecule has 0 unspecified atom stereocenters. The maximum Gasteiger partial charge on any atom is 0.243 e. The summed E-state index contributed by atoms with van der Waals surface area (Å²) >= 11 is 0. The molecule has 0 aliphatic heterocycles. The number of fused-ring (bicyclic) bond motifs is 1. The molecule has 0 saturated carbocycles. The molecule has 1 aromatic heterocycles. The Bertz CT molecular complexity index is 1100. The number of guanidine groups is 1. The number of aromatic nitrogens is 1. The van der Waals surface area contributed by atoms with E-state index in [2.05, 4.69) is 25.9 Å². The Labute approximate surface area is 169 Å². The summed E-state index contributed by atoms with van der Waals surface area (Å²) < 4.78 is 53.2. The van der Waals surface area contributed by atoms with Crippen LogP contribution in [0.5, 0.6) is 0 Å². The number of H-pyrrole nitrogens is 1. The van der Waals surface area contributed by atoms with Gasteiger partial charge in [0, 0.05) is 30.7 Å². The van der Waals surface area contributed by atoms with Crippen molar-refractivity contribution in [2.75, 3.05) is 25.5 Å². The van der Waals surface area contributed by atoms with E-state index in [9.17, 15) is 22.4 Å². The number of aromatic amines is 1. The molecule has 0 aliphatic rings. The molecule has 3 aromatic rings. The lowest BCUT2D eigenvalue weighted by atomic mass is 10.1. The van der Waals surface area contributed by atoms with Gasteiger partial charge in [-0.15, -0.1) is 0 Å². The molecule has 0 atom stereocenters. The number of rotatable bonds is 6. The summed E-state index contributed by atoms with van der Waals surface area (Å²) in [5.41, 5.74) is 1.28. The monoisotopic (exact) mass is 421 g/mol. The van der Waals surface area contributed by atoms with Gasteiger partial charge in [-0.25, -0.2) is 17.6 Å². The highest BCUT2D eigenvalue weighted by Gasteiger charge is 2.15. The average molecular weight is 421 g/mol. The number of hydrogen-bond acceptors (Lipinski definition) is 2. The van der Waals surface area contributed by atoms with Crippen molar-refractivity contribution in [3.63, 3.8) is 0 Å². The number of benzene rings is 2. The number of nitrogens with one attached hydrogen (secondary N) is 4. The molecule has 0 radical (unpaired) electrons. The lowest BCUT2D eigenvalue weighted by Gasteiger charge is -2.12. The topological polar surface area (TPSA) is 81.3 Å². The lowest BCUT2D eigenvalue weighted by molar-refractivity contribution is -0.115. The molecule has 4 N–H and O–H groups in total. The summed E-state index contributed by atoms with van der Waals surface area (Å²) in [5.74, 6) is -5.16. The molecule has 158 valence electrons. The Hall–Kier alpha value is -3.56. The molecule has 2 aromatic carbocycles. The predicted octanol–water partition coefficient (Wildman–Crippen LogP) is 3.07. The first kappa shape index (κ1) is 21.2. The van der Waals surface area contributed by atoms with Gasteiger partial charge in [-0.3, -0.25) is 9.79 Å². The van der Waals surface area contributed by atoms with Crippen LogP contribution < -0.4 is 16.0 Å². The van der Waals surface area contributed by atoms with Crippen molar-refractivity contribution in [1.29, 1.82) is 0 Å². The standard InChI is InChI=1S/C20H19F4N5O/c1-25-20(26-7-6-11-9-27-15-4-2-12(21)8-13(11)15)28-10-17(30)29-16-5-3-14(22)18(23)19(16)24/h2-5,8-9,27H,6-7,10H2,1H3,(H,29,30)(H2,25,26,28). The largest absolute Gasteiger partial charge is 0.361 e. The quantitative estimate of drug-likeness (QED) is 0.214. The SMILES string of the molecule is CN=C(NCCc1c[nH]c2ccc(F)cc12)NCC(=O)Nc1ccc(F)c(F)c1F. The number of carbonyl (C=O) groups excluding carboxylic acids is 1. The van der Waals surface area contributed by atoms with Crippen LogP contribution in [0.2, 0.25) is 0 Å². The highest BCUT2D eigenvalue weighted by Crippen LogP contribution is 2.20. The minimum Gasteiger partial charge on any atom is -0.361 e. The van der Waals surface area contributed by atoms with Crippen LogP contribution in [-0.2, 0) is 11.2 Å². The third-order valence-corrected chi connectivity index (χ3v) is 4.37. The van der Waals surface area contributed by atoms with Gasteiger partial charge in [0.05, 0.1) is 12.2 Å². The highest BCUT2D eigenvalue weighted by atomic mass is 19.2. The van der Waals surface area contributed by atoms with E-state index < -0.39 is 29.0 Å². The van der Waals surface area contributed by atoms with E-state index in [-0.39, 0.29) is 12.4 Å². The predicted molar refractivity (Wildman–Crippen MR) is 106 cm³/mol. The Morgan fingerprint density at radius 3 is 2.63 bits per heavy atom. The maximum atomic E-state index is 13.6. The van der Waals surface area contributed by atoms with Gasteiger partial charge in [0.15, 0.2) is 23.4 Å². The van der Waals surface area contributed by atoms with Gasteiger partial charge in [-0.1, -0.05) is 0 Å². The Balaban J connectivity index is 1.49. The van der Waals surface area contributed by atoms with E-state index in [0.717, 1.165) is 28.6 Å². The van der Waals surface area contributed by atoms with Crippen LogP contribution in [0.3, 0.4) is 0 Å². The fourth-order valence-electron chi connectivity index (χ4n) is 2.87. The molecule has 30 heavy (non-hydrogen) atoms. The fourth-order valence-corrected chi connectivity index (χ4v) is 2.87. The number of anilines is 1. The van der Waals surface area contributed by atoms with E-state index in [1.165, 1.54) is 19.2 Å². The summed E-state index contributed by atoms with van der Waals surface area (Å²) in [4.78, 5) is 19.0. The van der Waals surface area contributed by atoms with Crippen LogP contribution in [0.25, 0.3) is 10.9 Å². The summed E-state index contributed by atoms with van der Waals surface area (Å²) in [5, 5.41) is 8.67. The van der Waals surface area contributed by atoms with Crippen molar-refractivity contribution in [3.05, 3.63) is 65.4 Å². The Morgan fingerprint density at radius 2 is 1.87 bits per heavy atom. The zero-order chi connectivity index (χ0) is 21.7. The molecule has 1 heterocycles. The molecular formula is C20H19F4N5O. The molecule has 0 aliphatic carbocycles. The van der Waals surface area contributed by atoms with Crippen LogP contribution in [0.4, 0.5) is 23.2 Å². The first-order chi connectivity index (χ1) is 14.4. The van der Waals surface area contributed by atoms with Crippen LogP contribution in [0.1, 0.15) is 5.56 Å². The fraction of sp³-hybridized carbons (Fsp3) is 0.200. The van der Waals surface area contributed by atoms with Gasteiger partial charge in [-0.05, 0) is 42.3 Å². The smallest absolute Gasteiger partial charge is 0.243 e. The number of hydrogen-bond donors (Lipinski definition) is 4. The molecule has 0 spiro atoms. The number of halogens is 4. The minimum atomic E-state index is -1.66. The first-order valence-electron chi connectivity index (χ1n) is 9.02. The molecule has 1 amide bonds. The summed E-state index contributed by atoms with van der Waals surface area (Å²) in [6.07, 6.45) is 2.36. The van der Waals surface area contributed by atoms with Gasteiger partial charge in [0.1, 0.15) is 5.82 Å².